The molecule has 0 atom stereocenters. The topological polar surface area (TPSA) is 120 Å². The van der Waals surface area contributed by atoms with Gasteiger partial charge in [0.2, 0.25) is 0 Å². The van der Waals surface area contributed by atoms with Gasteiger partial charge >= 0.3 is 43.6 Å². The van der Waals surface area contributed by atoms with E-state index in [1.807, 2.05) is 0 Å². The Kier molecular flexibility index (Phi) is 8.26. The summed E-state index contributed by atoms with van der Waals surface area (Å²) in [7, 11) is 0. The molecule has 1 heterocycles. The molecule has 52 valence electrons. The van der Waals surface area contributed by atoms with Crippen molar-refractivity contribution in [2.45, 2.75) is 0 Å². The number of hydrogen-bond acceptors (Lipinski definition) is 7. The van der Waals surface area contributed by atoms with Crippen molar-refractivity contribution in [3.8, 4) is 0 Å². The van der Waals surface area contributed by atoms with Gasteiger partial charge in [-0.2, -0.15) is 13.9 Å². The maximum atomic E-state index is 9.33. The summed E-state index contributed by atoms with van der Waals surface area (Å²) >= 11 is 0. The molecule has 0 radical (unpaired) electrons. The monoisotopic (exact) mass is 176 g/mol. The van der Waals surface area contributed by atoms with Gasteiger partial charge in [-0.05, 0) is 6.16 Å². The largest absolute Gasteiger partial charge is 2.00 e. The van der Waals surface area contributed by atoms with Crippen LogP contribution in [0.4, 0.5) is 4.79 Å². The molecule has 0 fully saturated rings. The predicted octanol–water partition coefficient (Wildman–Crippen LogP) is -3.00. The van der Waals surface area contributed by atoms with Gasteiger partial charge < -0.3 is 15.0 Å². The van der Waals surface area contributed by atoms with Crippen LogP contribution in [0.3, 0.4) is 0 Å². The van der Waals surface area contributed by atoms with E-state index in [0.29, 0.717) is 0 Å². The van der Waals surface area contributed by atoms with E-state index in [2.05, 4.69) is 13.9 Å². The molecular formula is C2CaO7. The zero-order valence-corrected chi connectivity index (χ0v) is 6.77. The summed E-state index contributed by atoms with van der Waals surface area (Å²) in [6, 6.07) is 0. The number of carboxylic acid groups (broad SMARTS) is 2. The first-order valence-corrected chi connectivity index (χ1v) is 1.56. The summed E-state index contributed by atoms with van der Waals surface area (Å²) in [5.41, 5.74) is 0. The summed E-state index contributed by atoms with van der Waals surface area (Å²) in [5.74, 6) is -0.787. The third-order valence-electron chi connectivity index (χ3n) is 0.204. The van der Waals surface area contributed by atoms with Gasteiger partial charge in [-0.25, -0.2) is 0 Å². The zero-order chi connectivity index (χ0) is 7.28. The van der Waals surface area contributed by atoms with Gasteiger partial charge in [0.15, 0.2) is 0 Å². The van der Waals surface area contributed by atoms with Crippen molar-refractivity contribution < 1.29 is 28.9 Å². The summed E-state index contributed by atoms with van der Waals surface area (Å²) in [4.78, 5) is 17.7. The van der Waals surface area contributed by atoms with E-state index in [-0.39, 0.29) is 37.7 Å². The molecule has 0 saturated carbocycles. The van der Waals surface area contributed by atoms with Crippen LogP contribution in [-0.2, 0) is 0 Å². The number of carbonyl (C=O) groups is 1. The van der Waals surface area contributed by atoms with Crippen LogP contribution in [0.1, 0.15) is 0 Å². The fourth-order valence-corrected chi connectivity index (χ4v) is 0.0618. The quantitative estimate of drug-likeness (QED) is 0.305. The Morgan fingerprint density at radius 3 is 1.50 bits per heavy atom. The molecule has 0 spiro atoms. The molecule has 0 unspecified atom stereocenters. The zero-order valence-electron chi connectivity index (χ0n) is 4.56. The Labute approximate surface area is 83.1 Å². The average Bonchev–Trinajstić information content (AvgIpc) is 1.59. The van der Waals surface area contributed by atoms with Gasteiger partial charge in [0.05, 0.1) is 0 Å². The molecule has 10 heavy (non-hydrogen) atoms. The van der Waals surface area contributed by atoms with E-state index in [1.54, 1.807) is 0 Å². The molecule has 8 heteroatoms. The molecule has 0 saturated heterocycles. The summed E-state index contributed by atoms with van der Waals surface area (Å²) < 4.78 is 10.6. The number of carbonyl (C=O) groups excluding carboxylic acids is 1. The first-order chi connectivity index (χ1) is 4.13. The van der Waals surface area contributed by atoms with Crippen LogP contribution in [0, 0.1) is 0 Å². The van der Waals surface area contributed by atoms with Gasteiger partial charge in [0.1, 0.15) is 0 Å². The third-order valence-corrected chi connectivity index (χ3v) is 0.204. The SMILES string of the molecule is O=C([O-])[O-].O=c1ooo1.[Ca+2]. The maximum absolute atomic E-state index is 9.33. The molecule has 0 amide bonds. The van der Waals surface area contributed by atoms with Crippen molar-refractivity contribution >= 4 is 43.9 Å². The molecule has 7 nitrogen and oxygen atoms in total. The van der Waals surface area contributed by atoms with Crippen LogP contribution in [0.25, 0.3) is 0 Å². The standard InChI is InChI=1S/CO4.CH2O3.Ca/c2-1-3-5-4-1;2-1(3)4;/h;(H2,2,3,4);/q;;+2/p-2. The Bertz CT molecular complexity index is 188. The smallest absolute Gasteiger partial charge is 0.652 e. The Balaban J connectivity index is 0. The third kappa shape index (κ3) is 10.6. The van der Waals surface area contributed by atoms with Crippen LogP contribution in [0.2, 0.25) is 0 Å². The van der Waals surface area contributed by atoms with Crippen molar-refractivity contribution in [2.24, 2.45) is 0 Å². The Morgan fingerprint density at radius 2 is 1.50 bits per heavy atom. The van der Waals surface area contributed by atoms with Crippen molar-refractivity contribution in [2.75, 3.05) is 0 Å². The molecule has 1 aromatic heterocycles. The van der Waals surface area contributed by atoms with Crippen LogP contribution in [0.15, 0.2) is 18.7 Å². The van der Waals surface area contributed by atoms with Gasteiger partial charge in [-0.1, -0.05) is 4.74 Å². The van der Waals surface area contributed by atoms with E-state index < -0.39 is 12.0 Å². The second kappa shape index (κ2) is 6.72. The van der Waals surface area contributed by atoms with E-state index in [9.17, 15) is 4.79 Å². The molecule has 0 bridgehead atoms. The molecule has 1 aromatic rings. The van der Waals surface area contributed by atoms with Crippen LogP contribution in [0.5, 0.6) is 0 Å². The fourth-order valence-electron chi connectivity index (χ4n) is 0.0618. The van der Waals surface area contributed by atoms with Crippen molar-refractivity contribution in [1.29, 1.82) is 0 Å². The average molecular weight is 176 g/mol. The van der Waals surface area contributed by atoms with Gasteiger partial charge in [0, 0.05) is 0 Å². The number of rotatable bonds is 0. The molecular weight excluding hydrogens is 176 g/mol. The molecule has 1 rings (SSSR count). The van der Waals surface area contributed by atoms with Crippen molar-refractivity contribution in [1.82, 2.24) is 0 Å². The molecule has 0 aliphatic heterocycles. The van der Waals surface area contributed by atoms with Crippen molar-refractivity contribution in [3.05, 3.63) is 10.6 Å². The normalized spacial score (nSPS) is 6.80. The second-order valence-corrected chi connectivity index (χ2v) is 0.735. The fraction of sp³-hybridized carbons (Fsp3) is 0. The second-order valence-electron chi connectivity index (χ2n) is 0.735. The summed E-state index contributed by atoms with van der Waals surface area (Å²) in [6.45, 7) is 0. The minimum Gasteiger partial charge on any atom is -0.652 e. The molecule has 0 N–H and O–H groups in total. The van der Waals surface area contributed by atoms with Gasteiger partial charge in [-0.3, -0.25) is 0 Å². The summed E-state index contributed by atoms with van der Waals surface area (Å²) in [6.07, 6.45) is -2.33. The van der Waals surface area contributed by atoms with E-state index in [4.69, 9.17) is 15.0 Å². The first-order valence-electron chi connectivity index (χ1n) is 1.56. The van der Waals surface area contributed by atoms with Crippen LogP contribution >= 0.6 is 0 Å². The Morgan fingerprint density at radius 1 is 1.30 bits per heavy atom. The molecule has 0 aliphatic rings. The minimum atomic E-state index is -2.33. The predicted molar refractivity (Wildman–Crippen MR) is 20.7 cm³/mol. The summed E-state index contributed by atoms with van der Waals surface area (Å²) in [5, 5.41) is 16.7. The van der Waals surface area contributed by atoms with Gasteiger partial charge in [-0.15, -0.1) is 0 Å². The maximum Gasteiger partial charge on any atom is 2.00 e. The van der Waals surface area contributed by atoms with E-state index in [0.717, 1.165) is 0 Å². The Hall–Kier alpha value is -0.400. The van der Waals surface area contributed by atoms with E-state index >= 15 is 0 Å². The molecule has 0 aromatic carbocycles. The minimum absolute atomic E-state index is 0. The first kappa shape index (κ1) is 12.3. The van der Waals surface area contributed by atoms with Crippen molar-refractivity contribution in [3.63, 3.8) is 0 Å². The number of hydrogen-bond donors (Lipinski definition) is 0. The van der Waals surface area contributed by atoms with Crippen LogP contribution < -0.4 is 16.0 Å². The van der Waals surface area contributed by atoms with E-state index in [1.165, 1.54) is 0 Å². The van der Waals surface area contributed by atoms with Gasteiger partial charge in [0.25, 0.3) is 0 Å². The van der Waals surface area contributed by atoms with Crippen LogP contribution in [-0.4, -0.2) is 43.9 Å². The molecule has 0 aliphatic carbocycles.